The van der Waals surface area contributed by atoms with Gasteiger partial charge in [0.25, 0.3) is 0 Å². The van der Waals surface area contributed by atoms with Crippen LogP contribution in [0.3, 0.4) is 0 Å². The Balaban J connectivity index is 1.68. The van der Waals surface area contributed by atoms with E-state index in [2.05, 4.69) is 10.3 Å². The van der Waals surface area contributed by atoms with Crippen LogP contribution in [0, 0.1) is 11.7 Å². The Kier molecular flexibility index (Phi) is 2.39. The monoisotopic (exact) mass is 218 g/mol. The molecule has 1 aliphatic carbocycles. The van der Waals surface area contributed by atoms with Gasteiger partial charge in [-0.1, -0.05) is 6.07 Å². The molecule has 1 aliphatic heterocycles. The van der Waals surface area contributed by atoms with Crippen molar-refractivity contribution in [2.24, 2.45) is 10.9 Å². The fourth-order valence-electron chi connectivity index (χ4n) is 2.77. The number of hydrogen-bond donors (Lipinski definition) is 1. The highest BCUT2D eigenvalue weighted by Crippen LogP contribution is 2.30. The molecule has 0 fully saturated rings. The molecule has 0 bridgehead atoms. The van der Waals surface area contributed by atoms with Crippen LogP contribution in [0.25, 0.3) is 0 Å². The summed E-state index contributed by atoms with van der Waals surface area (Å²) in [5, 5.41) is 3.12. The van der Waals surface area contributed by atoms with E-state index < -0.39 is 0 Å². The van der Waals surface area contributed by atoms with Crippen LogP contribution in [-0.4, -0.2) is 18.9 Å². The van der Waals surface area contributed by atoms with E-state index in [4.69, 9.17) is 0 Å². The predicted octanol–water partition coefficient (Wildman–Crippen LogP) is 1.93. The minimum absolute atomic E-state index is 0.111. The number of rotatable bonds is 2. The van der Waals surface area contributed by atoms with Gasteiger partial charge in [-0.3, -0.25) is 4.99 Å². The third-order valence-corrected chi connectivity index (χ3v) is 3.52. The summed E-state index contributed by atoms with van der Waals surface area (Å²) < 4.78 is 13.1. The maximum Gasteiger partial charge on any atom is 0.123 e. The zero-order chi connectivity index (χ0) is 11.0. The second-order valence-electron chi connectivity index (χ2n) is 4.76. The third kappa shape index (κ3) is 1.82. The van der Waals surface area contributed by atoms with Crippen molar-refractivity contribution in [3.05, 3.63) is 35.1 Å². The van der Waals surface area contributed by atoms with Gasteiger partial charge < -0.3 is 5.32 Å². The molecule has 84 valence electrons. The Labute approximate surface area is 94.6 Å². The zero-order valence-electron chi connectivity index (χ0n) is 9.12. The van der Waals surface area contributed by atoms with Crippen LogP contribution >= 0.6 is 0 Å². The first kappa shape index (κ1) is 9.82. The van der Waals surface area contributed by atoms with E-state index in [9.17, 15) is 4.39 Å². The van der Waals surface area contributed by atoms with Gasteiger partial charge in [-0.05, 0) is 48.4 Å². The summed E-state index contributed by atoms with van der Waals surface area (Å²) in [6.07, 6.45) is 5.01. The first-order chi connectivity index (χ1) is 7.81. The van der Waals surface area contributed by atoms with Crippen LogP contribution in [0.5, 0.6) is 0 Å². The smallest absolute Gasteiger partial charge is 0.123 e. The van der Waals surface area contributed by atoms with Crippen LogP contribution in [-0.2, 0) is 12.8 Å². The highest BCUT2D eigenvalue weighted by Gasteiger charge is 2.25. The SMILES string of the molecule is Fc1ccc2c(c1)C[C@@H](C[C@H]1CNC=N1)C2. The van der Waals surface area contributed by atoms with Crippen molar-refractivity contribution >= 4 is 6.34 Å². The van der Waals surface area contributed by atoms with Gasteiger partial charge in [0.1, 0.15) is 5.82 Å². The second-order valence-corrected chi connectivity index (χ2v) is 4.76. The lowest BCUT2D eigenvalue weighted by atomic mass is 9.97. The van der Waals surface area contributed by atoms with Gasteiger partial charge in [0.05, 0.1) is 12.4 Å². The van der Waals surface area contributed by atoms with Gasteiger partial charge in [0.15, 0.2) is 0 Å². The highest BCUT2D eigenvalue weighted by atomic mass is 19.1. The third-order valence-electron chi connectivity index (χ3n) is 3.52. The first-order valence-electron chi connectivity index (χ1n) is 5.83. The number of fused-ring (bicyclic) bond motifs is 1. The molecule has 16 heavy (non-hydrogen) atoms. The van der Waals surface area contributed by atoms with Crippen molar-refractivity contribution in [3.63, 3.8) is 0 Å². The zero-order valence-corrected chi connectivity index (χ0v) is 9.12. The van der Waals surface area contributed by atoms with Gasteiger partial charge in [-0.2, -0.15) is 0 Å². The number of nitrogens with one attached hydrogen (secondary N) is 1. The van der Waals surface area contributed by atoms with Crippen molar-refractivity contribution in [3.8, 4) is 0 Å². The van der Waals surface area contributed by atoms with E-state index in [0.29, 0.717) is 12.0 Å². The molecule has 1 aromatic rings. The summed E-state index contributed by atoms with van der Waals surface area (Å²) in [5.41, 5.74) is 2.52. The minimum Gasteiger partial charge on any atom is -0.374 e. The fraction of sp³-hybridized carbons (Fsp3) is 0.462. The molecular weight excluding hydrogens is 203 g/mol. The molecule has 0 spiro atoms. The molecule has 0 saturated heterocycles. The maximum absolute atomic E-state index is 13.1. The van der Waals surface area contributed by atoms with E-state index in [1.54, 1.807) is 18.5 Å². The first-order valence-corrected chi connectivity index (χ1v) is 5.83. The van der Waals surface area contributed by atoms with E-state index in [0.717, 1.165) is 25.8 Å². The predicted molar refractivity (Wildman–Crippen MR) is 62.2 cm³/mol. The summed E-state index contributed by atoms with van der Waals surface area (Å²) in [6.45, 7) is 0.960. The lowest BCUT2D eigenvalue weighted by Gasteiger charge is -2.12. The molecule has 2 aliphatic rings. The van der Waals surface area contributed by atoms with Gasteiger partial charge in [-0.15, -0.1) is 0 Å². The van der Waals surface area contributed by atoms with E-state index in [-0.39, 0.29) is 5.82 Å². The van der Waals surface area contributed by atoms with Gasteiger partial charge in [0.2, 0.25) is 0 Å². The topological polar surface area (TPSA) is 24.4 Å². The normalized spacial score (nSPS) is 26.8. The van der Waals surface area contributed by atoms with Crippen molar-refractivity contribution in [1.29, 1.82) is 0 Å². The Morgan fingerprint density at radius 1 is 1.31 bits per heavy atom. The Morgan fingerprint density at radius 3 is 3.00 bits per heavy atom. The molecular formula is C13H15FN2. The molecule has 2 nitrogen and oxygen atoms in total. The van der Waals surface area contributed by atoms with Crippen LogP contribution in [0.1, 0.15) is 17.5 Å². The van der Waals surface area contributed by atoms with Gasteiger partial charge in [-0.25, -0.2) is 4.39 Å². The minimum atomic E-state index is -0.111. The molecule has 1 N–H and O–H groups in total. The van der Waals surface area contributed by atoms with E-state index in [1.165, 1.54) is 11.1 Å². The standard InChI is InChI=1S/C13H15FN2/c14-12-2-1-10-3-9(4-11(10)6-12)5-13-7-15-8-16-13/h1-2,6,8-9,13H,3-5,7H2,(H,15,16)/t9-,13-/m0/s1. The summed E-state index contributed by atoms with van der Waals surface area (Å²) in [6, 6.07) is 5.60. The number of halogens is 1. The summed E-state index contributed by atoms with van der Waals surface area (Å²) in [4.78, 5) is 4.37. The average Bonchev–Trinajstić information content (AvgIpc) is 2.86. The molecule has 0 radical (unpaired) electrons. The molecule has 1 heterocycles. The lowest BCUT2D eigenvalue weighted by Crippen LogP contribution is -2.19. The Morgan fingerprint density at radius 2 is 2.19 bits per heavy atom. The van der Waals surface area contributed by atoms with Crippen LogP contribution in [0.2, 0.25) is 0 Å². The number of nitrogens with zero attached hydrogens (tertiary/aromatic N) is 1. The molecule has 0 saturated carbocycles. The molecule has 2 atom stereocenters. The molecule has 0 amide bonds. The van der Waals surface area contributed by atoms with E-state index in [1.807, 2.05) is 6.07 Å². The van der Waals surface area contributed by atoms with Crippen molar-refractivity contribution in [2.45, 2.75) is 25.3 Å². The summed E-state index contributed by atoms with van der Waals surface area (Å²) in [5.74, 6) is 0.527. The van der Waals surface area contributed by atoms with Crippen LogP contribution in [0.15, 0.2) is 23.2 Å². The molecule has 0 unspecified atom stereocenters. The number of hydrogen-bond acceptors (Lipinski definition) is 2. The van der Waals surface area contributed by atoms with Crippen molar-refractivity contribution in [2.75, 3.05) is 6.54 Å². The van der Waals surface area contributed by atoms with Gasteiger partial charge in [0, 0.05) is 6.54 Å². The van der Waals surface area contributed by atoms with E-state index >= 15 is 0 Å². The molecule has 0 aromatic heterocycles. The quantitative estimate of drug-likeness (QED) is 0.806. The summed E-state index contributed by atoms with van der Waals surface area (Å²) in [7, 11) is 0. The average molecular weight is 218 g/mol. The highest BCUT2D eigenvalue weighted by molar-refractivity contribution is 5.57. The van der Waals surface area contributed by atoms with Crippen LogP contribution < -0.4 is 5.32 Å². The molecule has 3 rings (SSSR count). The Bertz CT molecular complexity index is 428. The number of benzene rings is 1. The Hall–Kier alpha value is -1.38. The van der Waals surface area contributed by atoms with Crippen LogP contribution in [0.4, 0.5) is 4.39 Å². The fourth-order valence-corrected chi connectivity index (χ4v) is 2.77. The summed E-state index contributed by atoms with van der Waals surface area (Å²) >= 11 is 0. The lowest BCUT2D eigenvalue weighted by molar-refractivity contribution is 0.459. The van der Waals surface area contributed by atoms with Crippen molar-refractivity contribution < 1.29 is 4.39 Å². The second kappa shape index (κ2) is 3.89. The van der Waals surface area contributed by atoms with Gasteiger partial charge >= 0.3 is 0 Å². The maximum atomic E-state index is 13.1. The molecule has 1 aromatic carbocycles. The molecule has 3 heteroatoms. The van der Waals surface area contributed by atoms with Crippen molar-refractivity contribution in [1.82, 2.24) is 5.32 Å². The largest absolute Gasteiger partial charge is 0.374 e. The number of aliphatic imine (C=N–C) groups is 1.